The number of aliphatic hydroxyl groups is 1. The molecule has 1 rings (SSSR count). The fraction of sp³-hybridized carbons (Fsp3) is 0.385. The van der Waals surface area contributed by atoms with Crippen LogP contribution in [0.2, 0.25) is 5.02 Å². The van der Waals surface area contributed by atoms with Gasteiger partial charge in [-0.1, -0.05) is 42.0 Å². The lowest BCUT2D eigenvalue weighted by Gasteiger charge is -2.01. The van der Waals surface area contributed by atoms with Crippen molar-refractivity contribution in [3.63, 3.8) is 0 Å². The molecule has 0 spiro atoms. The van der Waals surface area contributed by atoms with Crippen molar-refractivity contribution >= 4 is 11.6 Å². The first-order chi connectivity index (χ1) is 7.84. The Bertz CT molecular complexity index is 325. The largest absolute Gasteiger partial charge is 0.395 e. The van der Waals surface area contributed by atoms with Gasteiger partial charge in [-0.05, 0) is 24.5 Å². The molecule has 0 saturated carbocycles. The van der Waals surface area contributed by atoms with E-state index in [2.05, 4.69) is 23.5 Å². The van der Waals surface area contributed by atoms with Gasteiger partial charge in [-0.25, -0.2) is 0 Å². The highest BCUT2D eigenvalue weighted by atomic mass is 35.5. The van der Waals surface area contributed by atoms with Gasteiger partial charge in [0.25, 0.3) is 0 Å². The van der Waals surface area contributed by atoms with Crippen LogP contribution < -0.4 is 5.32 Å². The van der Waals surface area contributed by atoms with E-state index in [4.69, 9.17) is 16.7 Å². The van der Waals surface area contributed by atoms with Gasteiger partial charge in [-0.2, -0.15) is 0 Å². The topological polar surface area (TPSA) is 32.3 Å². The zero-order valence-corrected chi connectivity index (χ0v) is 10.1. The Balaban J connectivity index is 2.18. The van der Waals surface area contributed by atoms with E-state index in [0.29, 0.717) is 6.54 Å². The molecule has 0 amide bonds. The SMILES string of the molecule is OCCNCC=CCCc1ccccc1Cl. The molecule has 0 radical (unpaired) electrons. The molecule has 0 bridgehead atoms. The summed E-state index contributed by atoms with van der Waals surface area (Å²) >= 11 is 6.04. The summed E-state index contributed by atoms with van der Waals surface area (Å²) in [5.74, 6) is 0. The van der Waals surface area contributed by atoms with E-state index < -0.39 is 0 Å². The lowest BCUT2D eigenvalue weighted by molar-refractivity contribution is 0.294. The number of halogens is 1. The monoisotopic (exact) mass is 239 g/mol. The molecule has 1 aromatic rings. The summed E-state index contributed by atoms with van der Waals surface area (Å²) < 4.78 is 0. The van der Waals surface area contributed by atoms with Crippen LogP contribution in [0.3, 0.4) is 0 Å². The molecule has 88 valence electrons. The number of aryl methyl sites for hydroxylation is 1. The number of benzene rings is 1. The maximum absolute atomic E-state index is 8.55. The summed E-state index contributed by atoms with van der Waals surface area (Å²) in [5.41, 5.74) is 1.19. The lowest BCUT2D eigenvalue weighted by atomic mass is 10.1. The van der Waals surface area contributed by atoms with E-state index >= 15 is 0 Å². The maximum atomic E-state index is 8.55. The van der Waals surface area contributed by atoms with Crippen LogP contribution in [-0.4, -0.2) is 24.8 Å². The molecular weight excluding hydrogens is 222 g/mol. The van der Waals surface area contributed by atoms with Gasteiger partial charge in [0.2, 0.25) is 0 Å². The Labute approximate surface area is 102 Å². The molecule has 0 fully saturated rings. The van der Waals surface area contributed by atoms with E-state index in [1.165, 1.54) is 5.56 Å². The molecule has 0 aromatic heterocycles. The third-order valence-electron chi connectivity index (χ3n) is 2.26. The molecule has 0 heterocycles. The summed E-state index contributed by atoms with van der Waals surface area (Å²) in [5, 5.41) is 12.5. The third-order valence-corrected chi connectivity index (χ3v) is 2.62. The molecular formula is C13H18ClNO. The second-order valence-electron chi connectivity index (χ2n) is 3.53. The van der Waals surface area contributed by atoms with Crippen LogP contribution >= 0.6 is 11.6 Å². The molecule has 0 saturated heterocycles. The molecule has 0 aliphatic rings. The van der Waals surface area contributed by atoms with E-state index in [1.807, 2.05) is 18.2 Å². The van der Waals surface area contributed by atoms with Gasteiger partial charge in [-0.3, -0.25) is 0 Å². The van der Waals surface area contributed by atoms with Crippen molar-refractivity contribution in [3.8, 4) is 0 Å². The smallest absolute Gasteiger partial charge is 0.0556 e. The molecule has 3 heteroatoms. The van der Waals surface area contributed by atoms with Gasteiger partial charge in [-0.15, -0.1) is 0 Å². The van der Waals surface area contributed by atoms with Crippen LogP contribution in [0, 0.1) is 0 Å². The van der Waals surface area contributed by atoms with E-state index in [-0.39, 0.29) is 6.61 Å². The minimum atomic E-state index is 0.188. The highest BCUT2D eigenvalue weighted by molar-refractivity contribution is 6.31. The average molecular weight is 240 g/mol. The Morgan fingerprint density at radius 3 is 2.81 bits per heavy atom. The fourth-order valence-electron chi connectivity index (χ4n) is 1.41. The molecule has 1 aromatic carbocycles. The summed E-state index contributed by atoms with van der Waals surface area (Å²) in [6, 6.07) is 7.93. The standard InChI is InChI=1S/C13H18ClNO/c14-13-8-4-3-7-12(13)6-2-1-5-9-15-10-11-16/h1,3-5,7-8,15-16H,2,6,9-11H2. The molecule has 0 unspecified atom stereocenters. The molecule has 0 aliphatic heterocycles. The highest BCUT2D eigenvalue weighted by Crippen LogP contribution is 2.16. The van der Waals surface area contributed by atoms with Crippen molar-refractivity contribution in [2.45, 2.75) is 12.8 Å². The molecule has 16 heavy (non-hydrogen) atoms. The average Bonchev–Trinajstić information content (AvgIpc) is 2.30. The predicted molar refractivity (Wildman–Crippen MR) is 68.9 cm³/mol. The summed E-state index contributed by atoms with van der Waals surface area (Å²) in [7, 11) is 0. The Morgan fingerprint density at radius 1 is 1.25 bits per heavy atom. The van der Waals surface area contributed by atoms with Crippen molar-refractivity contribution < 1.29 is 5.11 Å². The van der Waals surface area contributed by atoms with Crippen molar-refractivity contribution in [1.29, 1.82) is 0 Å². The maximum Gasteiger partial charge on any atom is 0.0556 e. The van der Waals surface area contributed by atoms with Crippen molar-refractivity contribution in [3.05, 3.63) is 47.0 Å². The third kappa shape index (κ3) is 5.31. The van der Waals surface area contributed by atoms with Crippen LogP contribution in [0.4, 0.5) is 0 Å². The first-order valence-corrected chi connectivity index (χ1v) is 5.92. The van der Waals surface area contributed by atoms with Crippen molar-refractivity contribution in [1.82, 2.24) is 5.32 Å². The highest BCUT2D eigenvalue weighted by Gasteiger charge is 1.95. The lowest BCUT2D eigenvalue weighted by Crippen LogP contribution is -2.17. The fourth-order valence-corrected chi connectivity index (χ4v) is 1.64. The van der Waals surface area contributed by atoms with Crippen LogP contribution in [0.1, 0.15) is 12.0 Å². The number of allylic oxidation sites excluding steroid dienone is 1. The first kappa shape index (κ1) is 13.2. The molecule has 0 aliphatic carbocycles. The second kappa shape index (κ2) is 8.34. The van der Waals surface area contributed by atoms with Gasteiger partial charge < -0.3 is 10.4 Å². The Kier molecular flexibility index (Phi) is 6.90. The van der Waals surface area contributed by atoms with Gasteiger partial charge in [0.1, 0.15) is 0 Å². The predicted octanol–water partition coefficient (Wildman–Crippen LogP) is 2.41. The number of aliphatic hydroxyl groups excluding tert-OH is 1. The molecule has 0 atom stereocenters. The Hall–Kier alpha value is -0.830. The van der Waals surface area contributed by atoms with Gasteiger partial charge in [0.05, 0.1) is 6.61 Å². The summed E-state index contributed by atoms with van der Waals surface area (Å²) in [6.07, 6.45) is 6.17. The van der Waals surface area contributed by atoms with Crippen LogP contribution in [0.25, 0.3) is 0 Å². The normalized spacial score (nSPS) is 11.1. The number of rotatable bonds is 7. The van der Waals surface area contributed by atoms with E-state index in [1.54, 1.807) is 0 Å². The van der Waals surface area contributed by atoms with Gasteiger partial charge >= 0.3 is 0 Å². The summed E-state index contributed by atoms with van der Waals surface area (Å²) in [4.78, 5) is 0. The number of hydrogen-bond donors (Lipinski definition) is 2. The number of hydrogen-bond acceptors (Lipinski definition) is 2. The van der Waals surface area contributed by atoms with Crippen LogP contribution in [0.5, 0.6) is 0 Å². The minimum absolute atomic E-state index is 0.188. The van der Waals surface area contributed by atoms with Crippen molar-refractivity contribution in [2.24, 2.45) is 0 Å². The van der Waals surface area contributed by atoms with E-state index in [0.717, 1.165) is 24.4 Å². The van der Waals surface area contributed by atoms with Gasteiger partial charge in [0, 0.05) is 18.1 Å². The minimum Gasteiger partial charge on any atom is -0.395 e. The van der Waals surface area contributed by atoms with Crippen LogP contribution in [-0.2, 0) is 6.42 Å². The van der Waals surface area contributed by atoms with E-state index in [9.17, 15) is 0 Å². The zero-order valence-electron chi connectivity index (χ0n) is 9.32. The molecule has 2 nitrogen and oxygen atoms in total. The summed E-state index contributed by atoms with van der Waals surface area (Å²) in [6.45, 7) is 1.64. The first-order valence-electron chi connectivity index (χ1n) is 5.54. The zero-order chi connectivity index (χ0) is 11.6. The van der Waals surface area contributed by atoms with Crippen molar-refractivity contribution in [2.75, 3.05) is 19.7 Å². The van der Waals surface area contributed by atoms with Crippen LogP contribution in [0.15, 0.2) is 36.4 Å². The quantitative estimate of drug-likeness (QED) is 0.566. The Morgan fingerprint density at radius 2 is 2.06 bits per heavy atom. The number of nitrogens with one attached hydrogen (secondary N) is 1. The van der Waals surface area contributed by atoms with Gasteiger partial charge in [0.15, 0.2) is 0 Å². The molecule has 2 N–H and O–H groups in total. The second-order valence-corrected chi connectivity index (χ2v) is 3.94.